The highest BCUT2D eigenvalue weighted by atomic mass is 19.2. The molecule has 154 valence electrons. The van der Waals surface area contributed by atoms with Gasteiger partial charge in [-0.2, -0.15) is 0 Å². The molecule has 0 bridgehead atoms. The van der Waals surface area contributed by atoms with Gasteiger partial charge in [-0.1, -0.05) is 43.7 Å². The number of aryl methyl sites for hydroxylation is 1. The van der Waals surface area contributed by atoms with Crippen molar-refractivity contribution in [2.75, 3.05) is 0 Å². The number of allylic oxidation sites excluding steroid dienone is 2. The molecular weight excluding hydrogens is 395 g/mol. The summed E-state index contributed by atoms with van der Waals surface area (Å²) < 4.78 is 70.1. The van der Waals surface area contributed by atoms with Crippen molar-refractivity contribution in [3.8, 4) is 11.1 Å². The molecule has 0 aromatic heterocycles. The summed E-state index contributed by atoms with van der Waals surface area (Å²) in [6.07, 6.45) is 4.09. The van der Waals surface area contributed by atoms with Gasteiger partial charge < -0.3 is 0 Å². The van der Waals surface area contributed by atoms with Crippen molar-refractivity contribution in [2.24, 2.45) is 0 Å². The molecule has 0 aliphatic heterocycles. The molecule has 0 unspecified atom stereocenters. The van der Waals surface area contributed by atoms with Crippen LogP contribution in [0.3, 0.4) is 0 Å². The summed E-state index contributed by atoms with van der Waals surface area (Å²) in [5, 5.41) is 0. The Bertz CT molecular complexity index is 1140. The summed E-state index contributed by atoms with van der Waals surface area (Å²) >= 11 is 0. The van der Waals surface area contributed by atoms with Gasteiger partial charge in [0.2, 0.25) is 0 Å². The lowest BCUT2D eigenvalue weighted by atomic mass is 9.85. The third-order valence-electron chi connectivity index (χ3n) is 5.49. The maximum Gasteiger partial charge on any atom is 0.194 e. The van der Waals surface area contributed by atoms with Gasteiger partial charge in [-0.05, 0) is 65.3 Å². The lowest BCUT2D eigenvalue weighted by Crippen LogP contribution is -2.08. The van der Waals surface area contributed by atoms with Gasteiger partial charge in [0.25, 0.3) is 0 Å². The van der Waals surface area contributed by atoms with Crippen molar-refractivity contribution in [1.29, 1.82) is 0 Å². The Morgan fingerprint density at radius 1 is 0.767 bits per heavy atom. The van der Waals surface area contributed by atoms with Gasteiger partial charge in [0.15, 0.2) is 17.5 Å². The topological polar surface area (TPSA) is 0 Å². The van der Waals surface area contributed by atoms with E-state index in [-0.39, 0.29) is 23.4 Å². The Labute approximate surface area is 171 Å². The molecule has 0 atom stereocenters. The quantitative estimate of drug-likeness (QED) is 0.313. The van der Waals surface area contributed by atoms with Gasteiger partial charge in [-0.15, -0.1) is 0 Å². The van der Waals surface area contributed by atoms with E-state index in [9.17, 15) is 17.6 Å². The molecule has 0 fully saturated rings. The molecule has 0 saturated heterocycles. The van der Waals surface area contributed by atoms with Gasteiger partial charge in [0.1, 0.15) is 11.6 Å². The molecule has 0 heterocycles. The van der Waals surface area contributed by atoms with Crippen LogP contribution < -0.4 is 0 Å². The van der Waals surface area contributed by atoms with Crippen molar-refractivity contribution < 1.29 is 22.0 Å². The van der Waals surface area contributed by atoms with Gasteiger partial charge in [0, 0.05) is 11.1 Å². The molecule has 30 heavy (non-hydrogen) atoms. The molecule has 3 aromatic rings. The highest BCUT2D eigenvalue weighted by molar-refractivity contribution is 5.73. The van der Waals surface area contributed by atoms with Crippen molar-refractivity contribution >= 4 is 5.57 Å². The van der Waals surface area contributed by atoms with Crippen molar-refractivity contribution in [3.05, 3.63) is 99.9 Å². The molecule has 0 spiro atoms. The second-order valence-corrected chi connectivity index (χ2v) is 7.49. The standard InChI is InChI=1S/C25H19F5/c1-2-3-14-4-7-18(21(26)10-14)15-5-8-19-16(11-15)6-9-20(24(19)29)17-12-22(27)25(30)23(28)13-17/h4-7,9-10,12-13H,2-3,8,11H2,1H3. The van der Waals surface area contributed by atoms with Crippen LogP contribution >= 0.6 is 0 Å². The summed E-state index contributed by atoms with van der Waals surface area (Å²) in [5.74, 6) is -5.23. The molecule has 0 N–H and O–H groups in total. The van der Waals surface area contributed by atoms with Crippen molar-refractivity contribution in [3.63, 3.8) is 0 Å². The van der Waals surface area contributed by atoms with Gasteiger partial charge in [0.05, 0.1) is 0 Å². The van der Waals surface area contributed by atoms with E-state index in [1.165, 1.54) is 12.1 Å². The molecule has 1 aliphatic carbocycles. The van der Waals surface area contributed by atoms with Gasteiger partial charge in [-0.25, -0.2) is 22.0 Å². The van der Waals surface area contributed by atoms with E-state index in [1.807, 2.05) is 13.0 Å². The van der Waals surface area contributed by atoms with E-state index in [2.05, 4.69) is 0 Å². The average Bonchev–Trinajstić information content (AvgIpc) is 2.72. The molecule has 0 radical (unpaired) electrons. The molecule has 4 rings (SSSR count). The Morgan fingerprint density at radius 2 is 1.47 bits per heavy atom. The Kier molecular flexibility index (Phi) is 5.46. The Balaban J connectivity index is 1.67. The summed E-state index contributed by atoms with van der Waals surface area (Å²) in [6, 6.07) is 9.84. The van der Waals surface area contributed by atoms with Crippen LogP contribution in [-0.2, 0) is 19.3 Å². The van der Waals surface area contributed by atoms with E-state index in [0.717, 1.165) is 36.1 Å². The van der Waals surface area contributed by atoms with E-state index in [1.54, 1.807) is 18.2 Å². The fourth-order valence-electron chi connectivity index (χ4n) is 3.95. The Morgan fingerprint density at radius 3 is 2.13 bits per heavy atom. The van der Waals surface area contributed by atoms with Crippen LogP contribution in [0.25, 0.3) is 16.7 Å². The van der Waals surface area contributed by atoms with Crippen LogP contribution in [-0.4, -0.2) is 0 Å². The zero-order chi connectivity index (χ0) is 21.4. The first-order valence-corrected chi connectivity index (χ1v) is 9.82. The highest BCUT2D eigenvalue weighted by Crippen LogP contribution is 2.35. The fraction of sp³-hybridized carbons (Fsp3) is 0.200. The zero-order valence-electron chi connectivity index (χ0n) is 16.3. The number of rotatable bonds is 4. The van der Waals surface area contributed by atoms with E-state index in [4.69, 9.17) is 0 Å². The average molecular weight is 414 g/mol. The Hall–Kier alpha value is -2.95. The fourth-order valence-corrected chi connectivity index (χ4v) is 3.95. The summed E-state index contributed by atoms with van der Waals surface area (Å²) in [6.45, 7) is 2.03. The summed E-state index contributed by atoms with van der Waals surface area (Å²) in [7, 11) is 0. The predicted octanol–water partition coefficient (Wildman–Crippen LogP) is 7.18. The normalized spacial score (nSPS) is 13.2. The van der Waals surface area contributed by atoms with Crippen LogP contribution in [0.5, 0.6) is 0 Å². The van der Waals surface area contributed by atoms with Crippen molar-refractivity contribution in [1.82, 2.24) is 0 Å². The molecular formula is C25H19F5. The first-order valence-electron chi connectivity index (χ1n) is 9.82. The highest BCUT2D eigenvalue weighted by Gasteiger charge is 2.22. The first kappa shape index (κ1) is 20.3. The van der Waals surface area contributed by atoms with Gasteiger partial charge >= 0.3 is 0 Å². The zero-order valence-corrected chi connectivity index (χ0v) is 16.3. The maximum absolute atomic E-state index is 15.1. The number of benzene rings is 3. The molecule has 5 heteroatoms. The second-order valence-electron chi connectivity index (χ2n) is 7.49. The smallest absolute Gasteiger partial charge is 0.194 e. The van der Waals surface area contributed by atoms with Gasteiger partial charge in [-0.3, -0.25) is 0 Å². The molecule has 0 saturated carbocycles. The SMILES string of the molecule is CCCc1ccc(C2=CCc3c(ccc(-c4cc(F)c(F)c(F)c4)c3F)C2)c(F)c1. The largest absolute Gasteiger partial charge is 0.206 e. The molecule has 0 nitrogen and oxygen atoms in total. The summed E-state index contributed by atoms with van der Waals surface area (Å²) in [4.78, 5) is 0. The minimum Gasteiger partial charge on any atom is -0.206 e. The van der Waals surface area contributed by atoms with Crippen molar-refractivity contribution in [2.45, 2.75) is 32.6 Å². The third kappa shape index (κ3) is 3.64. The van der Waals surface area contributed by atoms with E-state index >= 15 is 4.39 Å². The maximum atomic E-state index is 15.1. The van der Waals surface area contributed by atoms with E-state index in [0.29, 0.717) is 23.1 Å². The van der Waals surface area contributed by atoms with Crippen LogP contribution in [0.1, 0.15) is 35.6 Å². The number of hydrogen-bond donors (Lipinski definition) is 0. The third-order valence-corrected chi connectivity index (χ3v) is 5.49. The lowest BCUT2D eigenvalue weighted by Gasteiger charge is -2.20. The predicted molar refractivity (Wildman–Crippen MR) is 107 cm³/mol. The van der Waals surface area contributed by atoms with Crippen LogP contribution in [0.2, 0.25) is 0 Å². The molecule has 1 aliphatic rings. The van der Waals surface area contributed by atoms with Crippen LogP contribution in [0, 0.1) is 29.1 Å². The van der Waals surface area contributed by atoms with E-state index < -0.39 is 23.3 Å². The monoisotopic (exact) mass is 414 g/mol. The molecule has 3 aromatic carbocycles. The van der Waals surface area contributed by atoms with Crippen LogP contribution in [0.4, 0.5) is 22.0 Å². The minimum absolute atomic E-state index is 0.00139. The lowest BCUT2D eigenvalue weighted by molar-refractivity contribution is 0.447. The second kappa shape index (κ2) is 8.05. The first-order chi connectivity index (χ1) is 14.4. The summed E-state index contributed by atoms with van der Waals surface area (Å²) in [5.41, 5.74) is 3.21. The minimum atomic E-state index is -1.59. The number of fused-ring (bicyclic) bond motifs is 1. The number of hydrogen-bond acceptors (Lipinski definition) is 0. The van der Waals surface area contributed by atoms with Crippen LogP contribution in [0.15, 0.2) is 48.5 Å². The molecule has 0 amide bonds. The number of halogens is 5.